The van der Waals surface area contributed by atoms with Gasteiger partial charge in [-0.05, 0) is 24.7 Å². The third-order valence-corrected chi connectivity index (χ3v) is 6.86. The molecule has 1 aromatic heterocycles. The number of halogens is 1. The van der Waals surface area contributed by atoms with Gasteiger partial charge in [0.2, 0.25) is 10.0 Å². The molecule has 24 heavy (non-hydrogen) atoms. The number of nitrogens with two attached hydrogens (primary N) is 1. The molecule has 0 amide bonds. The van der Waals surface area contributed by atoms with Gasteiger partial charge in [-0.25, -0.2) is 8.42 Å². The van der Waals surface area contributed by atoms with Crippen molar-refractivity contribution in [3.05, 3.63) is 12.4 Å². The minimum absolute atomic E-state index is 0. The molecule has 2 fully saturated rings. The van der Waals surface area contributed by atoms with Crippen molar-refractivity contribution in [2.24, 2.45) is 11.1 Å². The van der Waals surface area contributed by atoms with Crippen LogP contribution in [0.25, 0.3) is 0 Å². The average molecular weight is 379 g/mol. The summed E-state index contributed by atoms with van der Waals surface area (Å²) in [5.74, 6) is 0. The lowest BCUT2D eigenvalue weighted by Crippen LogP contribution is -2.53. The van der Waals surface area contributed by atoms with Crippen LogP contribution in [-0.4, -0.2) is 54.8 Å². The molecule has 0 radical (unpaired) electrons. The predicted octanol–water partition coefficient (Wildman–Crippen LogP) is 1.40. The highest BCUT2D eigenvalue weighted by atomic mass is 35.5. The number of hydrogen-bond donors (Lipinski definition) is 1. The second-order valence-electron chi connectivity index (χ2n) is 7.22. The van der Waals surface area contributed by atoms with Crippen molar-refractivity contribution in [3.8, 4) is 0 Å². The molecule has 0 bridgehead atoms. The van der Waals surface area contributed by atoms with Crippen LogP contribution in [0.3, 0.4) is 0 Å². The fourth-order valence-electron chi connectivity index (χ4n) is 3.28. The van der Waals surface area contributed by atoms with Crippen LogP contribution in [0.15, 0.2) is 17.3 Å². The van der Waals surface area contributed by atoms with E-state index < -0.39 is 10.0 Å². The molecule has 9 heteroatoms. The maximum Gasteiger partial charge on any atom is 0.246 e. The van der Waals surface area contributed by atoms with Gasteiger partial charge in [-0.2, -0.15) is 9.40 Å². The Bertz CT molecular complexity index is 655. The Kier molecular flexibility index (Phi) is 5.97. The number of sulfonamides is 1. The molecule has 0 spiro atoms. The highest BCUT2D eigenvalue weighted by Gasteiger charge is 2.39. The first-order valence-corrected chi connectivity index (χ1v) is 9.62. The van der Waals surface area contributed by atoms with Crippen LogP contribution in [0.2, 0.25) is 0 Å². The normalized spacial score (nSPS) is 26.0. The van der Waals surface area contributed by atoms with Gasteiger partial charge in [-0.3, -0.25) is 4.68 Å². The molecule has 1 atom stereocenters. The van der Waals surface area contributed by atoms with Crippen LogP contribution in [0, 0.1) is 5.41 Å². The molecule has 2 aliphatic rings. The standard InChI is InChI=1S/C15H26N4O3S.ClH/c1-15(2)11-18(6-3-14(15)16)23(20,21)13-9-17-19(10-13)12-4-7-22-8-5-12;/h9-10,12,14H,3-8,11,16H2,1-2H3;1H. The van der Waals surface area contributed by atoms with Gasteiger partial charge in [-0.15, -0.1) is 12.4 Å². The fraction of sp³-hybridized carbons (Fsp3) is 0.800. The van der Waals surface area contributed by atoms with E-state index in [1.807, 2.05) is 13.8 Å². The topological polar surface area (TPSA) is 90.5 Å². The first kappa shape index (κ1) is 19.7. The minimum Gasteiger partial charge on any atom is -0.381 e. The summed E-state index contributed by atoms with van der Waals surface area (Å²) in [7, 11) is -3.51. The molecule has 3 heterocycles. The molecular weight excluding hydrogens is 352 g/mol. The second kappa shape index (κ2) is 7.29. The lowest BCUT2D eigenvalue weighted by molar-refractivity contribution is 0.0662. The zero-order chi connectivity index (χ0) is 16.7. The summed E-state index contributed by atoms with van der Waals surface area (Å²) in [5.41, 5.74) is 5.89. The zero-order valence-electron chi connectivity index (χ0n) is 14.2. The third kappa shape index (κ3) is 3.77. The summed E-state index contributed by atoms with van der Waals surface area (Å²) in [6.07, 6.45) is 5.54. The van der Waals surface area contributed by atoms with E-state index in [2.05, 4.69) is 5.10 Å². The van der Waals surface area contributed by atoms with Gasteiger partial charge >= 0.3 is 0 Å². The summed E-state index contributed by atoms with van der Waals surface area (Å²) in [5, 5.41) is 4.28. The molecule has 138 valence electrons. The lowest BCUT2D eigenvalue weighted by atomic mass is 9.81. The summed E-state index contributed by atoms with van der Waals surface area (Å²) in [6, 6.07) is 0.248. The smallest absolute Gasteiger partial charge is 0.246 e. The Morgan fingerprint density at radius 2 is 1.96 bits per heavy atom. The van der Waals surface area contributed by atoms with Gasteiger partial charge in [0.15, 0.2) is 0 Å². The molecule has 2 N–H and O–H groups in total. The van der Waals surface area contributed by atoms with Gasteiger partial charge < -0.3 is 10.5 Å². The number of piperidine rings is 1. The number of rotatable bonds is 3. The zero-order valence-corrected chi connectivity index (χ0v) is 15.9. The lowest BCUT2D eigenvalue weighted by Gasteiger charge is -2.41. The quantitative estimate of drug-likeness (QED) is 0.858. The summed E-state index contributed by atoms with van der Waals surface area (Å²) in [4.78, 5) is 0.273. The van der Waals surface area contributed by atoms with Gasteiger partial charge in [-0.1, -0.05) is 13.8 Å². The highest BCUT2D eigenvalue weighted by Crippen LogP contribution is 2.31. The molecule has 1 unspecified atom stereocenters. The van der Waals surface area contributed by atoms with Crippen molar-refractivity contribution < 1.29 is 13.2 Å². The first-order chi connectivity index (χ1) is 10.8. The van der Waals surface area contributed by atoms with E-state index >= 15 is 0 Å². The van der Waals surface area contributed by atoms with Crippen molar-refractivity contribution in [2.75, 3.05) is 26.3 Å². The molecule has 7 nitrogen and oxygen atoms in total. The maximum atomic E-state index is 12.9. The van der Waals surface area contributed by atoms with E-state index in [1.165, 1.54) is 6.20 Å². The molecule has 2 aliphatic heterocycles. The van der Waals surface area contributed by atoms with Crippen LogP contribution in [0.1, 0.15) is 39.2 Å². The molecular formula is C15H27ClN4O3S. The van der Waals surface area contributed by atoms with Crippen LogP contribution in [-0.2, 0) is 14.8 Å². The minimum atomic E-state index is -3.51. The maximum absolute atomic E-state index is 12.9. The molecule has 0 saturated carbocycles. The van der Waals surface area contributed by atoms with Crippen molar-refractivity contribution in [3.63, 3.8) is 0 Å². The van der Waals surface area contributed by atoms with Crippen LogP contribution < -0.4 is 5.73 Å². The molecule has 2 saturated heterocycles. The van der Waals surface area contributed by atoms with E-state index in [-0.39, 0.29) is 34.8 Å². The van der Waals surface area contributed by atoms with Crippen molar-refractivity contribution >= 4 is 22.4 Å². The Hall–Kier alpha value is -0.670. The molecule has 1 aromatic rings. The van der Waals surface area contributed by atoms with E-state index in [9.17, 15) is 8.42 Å². The van der Waals surface area contributed by atoms with Gasteiger partial charge in [0.25, 0.3) is 0 Å². The van der Waals surface area contributed by atoms with Crippen molar-refractivity contribution in [2.45, 2.75) is 50.1 Å². The van der Waals surface area contributed by atoms with Gasteiger partial charge in [0.05, 0.1) is 12.2 Å². The Labute approximate surface area is 150 Å². The van der Waals surface area contributed by atoms with E-state index in [4.69, 9.17) is 10.5 Å². The van der Waals surface area contributed by atoms with Crippen LogP contribution in [0.5, 0.6) is 0 Å². The Morgan fingerprint density at radius 3 is 2.58 bits per heavy atom. The Morgan fingerprint density at radius 1 is 1.29 bits per heavy atom. The second-order valence-corrected chi connectivity index (χ2v) is 9.16. The number of ether oxygens (including phenoxy) is 1. The summed E-state index contributed by atoms with van der Waals surface area (Å²) >= 11 is 0. The van der Waals surface area contributed by atoms with Crippen LogP contribution >= 0.6 is 12.4 Å². The molecule has 0 aromatic carbocycles. The average Bonchev–Trinajstić information content (AvgIpc) is 3.01. The molecule has 3 rings (SSSR count). The van der Waals surface area contributed by atoms with E-state index in [1.54, 1.807) is 15.2 Å². The fourth-order valence-corrected chi connectivity index (χ4v) is 4.85. The van der Waals surface area contributed by atoms with Gasteiger partial charge in [0.1, 0.15) is 4.90 Å². The molecule has 0 aliphatic carbocycles. The SMILES string of the molecule is CC1(C)CN(S(=O)(=O)c2cnn(C3CCOCC3)c2)CCC1N.Cl. The number of nitrogens with zero attached hydrogens (tertiary/aromatic N) is 3. The van der Waals surface area contributed by atoms with Gasteiger partial charge in [0, 0.05) is 38.5 Å². The van der Waals surface area contributed by atoms with E-state index in [0.717, 1.165) is 12.8 Å². The Balaban J connectivity index is 0.00000208. The van der Waals surface area contributed by atoms with Crippen LogP contribution in [0.4, 0.5) is 0 Å². The van der Waals surface area contributed by atoms with Crippen molar-refractivity contribution in [1.29, 1.82) is 0 Å². The summed E-state index contributed by atoms with van der Waals surface area (Å²) in [6.45, 7) is 6.35. The third-order valence-electron chi connectivity index (χ3n) is 5.06. The van der Waals surface area contributed by atoms with Crippen molar-refractivity contribution in [1.82, 2.24) is 14.1 Å². The largest absolute Gasteiger partial charge is 0.381 e. The summed E-state index contributed by atoms with van der Waals surface area (Å²) < 4.78 is 34.4. The number of hydrogen-bond acceptors (Lipinski definition) is 5. The number of aromatic nitrogens is 2. The predicted molar refractivity (Wildman–Crippen MR) is 93.7 cm³/mol. The monoisotopic (exact) mass is 378 g/mol. The first-order valence-electron chi connectivity index (χ1n) is 8.18. The highest BCUT2D eigenvalue weighted by molar-refractivity contribution is 7.89. The van der Waals surface area contributed by atoms with E-state index in [0.29, 0.717) is 32.7 Å².